The highest BCUT2D eigenvalue weighted by Crippen LogP contribution is 2.39. The van der Waals surface area contributed by atoms with Gasteiger partial charge < -0.3 is 4.84 Å². The van der Waals surface area contributed by atoms with E-state index >= 15 is 0 Å². The van der Waals surface area contributed by atoms with Crippen LogP contribution in [0.25, 0.3) is 0 Å². The zero-order chi connectivity index (χ0) is 13.1. The molecule has 2 rings (SSSR count). The van der Waals surface area contributed by atoms with Crippen molar-refractivity contribution in [2.75, 3.05) is 6.26 Å². The summed E-state index contributed by atoms with van der Waals surface area (Å²) in [6.07, 6.45) is 4.60. The van der Waals surface area contributed by atoms with E-state index in [4.69, 9.17) is 10.1 Å². The molecule has 0 aromatic carbocycles. The molecule has 0 unspecified atom stereocenters. The fourth-order valence-corrected chi connectivity index (χ4v) is 3.90. The summed E-state index contributed by atoms with van der Waals surface area (Å²) in [5, 5.41) is 13.1. The van der Waals surface area contributed by atoms with Gasteiger partial charge in [0.15, 0.2) is 0 Å². The Hall–Kier alpha value is -1.32. The molecule has 0 N–H and O–H groups in total. The number of thioether (sulfide) groups is 1. The van der Waals surface area contributed by atoms with E-state index in [1.807, 2.05) is 6.26 Å². The average Bonchev–Trinajstić information content (AvgIpc) is 2.74. The number of rotatable bonds is 2. The molecule has 1 heterocycles. The lowest BCUT2D eigenvalue weighted by molar-refractivity contribution is -0.140. The van der Waals surface area contributed by atoms with Crippen LogP contribution < -0.4 is 0 Å². The Labute approximate surface area is 114 Å². The van der Waals surface area contributed by atoms with Crippen molar-refractivity contribution >= 4 is 34.8 Å². The lowest BCUT2D eigenvalue weighted by Crippen LogP contribution is -2.12. The SMILES string of the molecule is CSc1sc(C#N)c2c1/C(=N\OC(C)=O)CCC2. The van der Waals surface area contributed by atoms with Crippen molar-refractivity contribution in [2.45, 2.75) is 30.4 Å². The van der Waals surface area contributed by atoms with Gasteiger partial charge in [0.2, 0.25) is 0 Å². The summed E-state index contributed by atoms with van der Waals surface area (Å²) < 4.78 is 1.08. The number of nitrogens with zero attached hydrogens (tertiary/aromatic N) is 2. The van der Waals surface area contributed by atoms with Crippen LogP contribution in [0, 0.1) is 11.3 Å². The van der Waals surface area contributed by atoms with E-state index in [9.17, 15) is 4.79 Å². The molecule has 0 saturated heterocycles. The van der Waals surface area contributed by atoms with Gasteiger partial charge in [-0.05, 0) is 31.1 Å². The largest absolute Gasteiger partial charge is 0.331 e. The van der Waals surface area contributed by atoms with E-state index in [-0.39, 0.29) is 0 Å². The Morgan fingerprint density at radius 2 is 2.33 bits per heavy atom. The van der Waals surface area contributed by atoms with Gasteiger partial charge in [0.25, 0.3) is 0 Å². The van der Waals surface area contributed by atoms with Gasteiger partial charge in [-0.1, -0.05) is 5.16 Å². The molecule has 1 aliphatic carbocycles. The summed E-state index contributed by atoms with van der Waals surface area (Å²) in [6.45, 7) is 1.33. The number of thiophene rings is 1. The van der Waals surface area contributed by atoms with Crippen molar-refractivity contribution in [1.29, 1.82) is 5.26 Å². The maximum absolute atomic E-state index is 10.8. The molecule has 0 fully saturated rings. The summed E-state index contributed by atoms with van der Waals surface area (Å²) in [5.74, 6) is -0.420. The predicted molar refractivity (Wildman–Crippen MR) is 72.1 cm³/mol. The molecule has 6 heteroatoms. The van der Waals surface area contributed by atoms with Gasteiger partial charge in [-0.2, -0.15) is 5.26 Å². The number of hydrogen-bond acceptors (Lipinski definition) is 6. The van der Waals surface area contributed by atoms with Crippen molar-refractivity contribution in [2.24, 2.45) is 5.16 Å². The Balaban J connectivity index is 2.48. The van der Waals surface area contributed by atoms with Crippen LogP contribution in [-0.2, 0) is 16.1 Å². The molecule has 1 aromatic rings. The second kappa shape index (κ2) is 5.55. The molecule has 0 amide bonds. The highest BCUT2D eigenvalue weighted by Gasteiger charge is 2.25. The summed E-state index contributed by atoms with van der Waals surface area (Å²) >= 11 is 3.10. The summed E-state index contributed by atoms with van der Waals surface area (Å²) in [6, 6.07) is 2.24. The van der Waals surface area contributed by atoms with Crippen molar-refractivity contribution < 1.29 is 9.63 Å². The number of nitriles is 1. The van der Waals surface area contributed by atoms with Gasteiger partial charge in [0, 0.05) is 12.5 Å². The van der Waals surface area contributed by atoms with Crippen molar-refractivity contribution in [3.63, 3.8) is 0 Å². The molecular formula is C12H12N2O2S2. The predicted octanol–water partition coefficient (Wildman–Crippen LogP) is 2.95. The molecule has 4 nitrogen and oxygen atoms in total. The molecule has 0 bridgehead atoms. The third-order valence-corrected chi connectivity index (χ3v) is 4.93. The first-order valence-corrected chi connectivity index (χ1v) is 7.56. The van der Waals surface area contributed by atoms with Gasteiger partial charge in [0.05, 0.1) is 9.92 Å². The van der Waals surface area contributed by atoms with E-state index in [1.165, 1.54) is 18.3 Å². The fourth-order valence-electron chi connectivity index (χ4n) is 1.97. The molecule has 0 spiro atoms. The minimum absolute atomic E-state index is 0.420. The molecule has 0 radical (unpaired) electrons. The smallest absolute Gasteiger partial charge is 0.318 e. The third-order valence-electron chi connectivity index (χ3n) is 2.68. The maximum atomic E-state index is 10.8. The number of oxime groups is 1. The van der Waals surface area contributed by atoms with Crippen molar-refractivity contribution in [3.8, 4) is 6.07 Å². The van der Waals surface area contributed by atoms with Crippen molar-refractivity contribution in [1.82, 2.24) is 0 Å². The topological polar surface area (TPSA) is 62.4 Å². The molecular weight excluding hydrogens is 268 g/mol. The zero-order valence-electron chi connectivity index (χ0n) is 10.1. The number of carbonyl (C=O) groups excluding carboxylic acids is 1. The van der Waals surface area contributed by atoms with Crippen molar-refractivity contribution in [3.05, 3.63) is 16.0 Å². The maximum Gasteiger partial charge on any atom is 0.331 e. The Bertz CT molecular complexity index is 555. The van der Waals surface area contributed by atoms with Crippen LogP contribution in [0.15, 0.2) is 9.36 Å². The molecule has 0 saturated carbocycles. The van der Waals surface area contributed by atoms with Crippen LogP contribution in [0.2, 0.25) is 0 Å². The van der Waals surface area contributed by atoms with Gasteiger partial charge in [-0.25, -0.2) is 4.79 Å². The number of carbonyl (C=O) groups is 1. The minimum Gasteiger partial charge on any atom is -0.318 e. The molecule has 1 aromatic heterocycles. The average molecular weight is 280 g/mol. The quantitative estimate of drug-likeness (QED) is 0.474. The third kappa shape index (κ3) is 2.42. The summed E-state index contributed by atoms with van der Waals surface area (Å²) in [5.41, 5.74) is 2.86. The fraction of sp³-hybridized carbons (Fsp3) is 0.417. The molecule has 0 atom stereocenters. The molecule has 0 aliphatic heterocycles. The molecule has 94 valence electrons. The Morgan fingerprint density at radius 1 is 1.56 bits per heavy atom. The molecule has 18 heavy (non-hydrogen) atoms. The van der Waals surface area contributed by atoms with E-state index in [0.29, 0.717) is 0 Å². The number of hydrogen-bond donors (Lipinski definition) is 0. The Kier molecular flexibility index (Phi) is 4.04. The van der Waals surface area contributed by atoms with Gasteiger partial charge >= 0.3 is 5.97 Å². The molecule has 1 aliphatic rings. The second-order valence-electron chi connectivity index (χ2n) is 3.86. The minimum atomic E-state index is -0.420. The van der Waals surface area contributed by atoms with Gasteiger partial charge in [-0.3, -0.25) is 0 Å². The summed E-state index contributed by atoms with van der Waals surface area (Å²) in [7, 11) is 0. The second-order valence-corrected chi connectivity index (χ2v) is 5.96. The summed E-state index contributed by atoms with van der Waals surface area (Å²) in [4.78, 5) is 16.3. The first-order chi connectivity index (χ1) is 8.67. The number of fused-ring (bicyclic) bond motifs is 1. The van der Waals surface area contributed by atoms with Gasteiger partial charge in [0.1, 0.15) is 10.9 Å². The van der Waals surface area contributed by atoms with E-state index in [2.05, 4.69) is 11.2 Å². The van der Waals surface area contributed by atoms with E-state index in [0.717, 1.165) is 45.2 Å². The van der Waals surface area contributed by atoms with Crippen LogP contribution in [0.4, 0.5) is 0 Å². The van der Waals surface area contributed by atoms with Crippen LogP contribution in [-0.4, -0.2) is 17.9 Å². The first-order valence-electron chi connectivity index (χ1n) is 5.52. The van der Waals surface area contributed by atoms with E-state index < -0.39 is 5.97 Å². The zero-order valence-corrected chi connectivity index (χ0v) is 11.8. The van der Waals surface area contributed by atoms with Crippen LogP contribution >= 0.6 is 23.1 Å². The monoisotopic (exact) mass is 280 g/mol. The van der Waals surface area contributed by atoms with E-state index in [1.54, 1.807) is 11.8 Å². The standard InChI is InChI=1S/C12H12N2O2S2/c1-7(15)16-14-9-5-3-4-8-10(6-13)18-12(17-2)11(8)9/h3-5H2,1-2H3/b14-9-. The first kappa shape index (κ1) is 13.1. The Morgan fingerprint density at radius 3 is 2.94 bits per heavy atom. The van der Waals surface area contributed by atoms with Crippen LogP contribution in [0.1, 0.15) is 35.8 Å². The normalized spacial score (nSPS) is 16.2. The lowest BCUT2D eigenvalue weighted by Gasteiger charge is -2.14. The lowest BCUT2D eigenvalue weighted by atomic mass is 9.92. The highest BCUT2D eigenvalue weighted by atomic mass is 32.2. The van der Waals surface area contributed by atoms with Crippen LogP contribution in [0.3, 0.4) is 0 Å². The van der Waals surface area contributed by atoms with Crippen LogP contribution in [0.5, 0.6) is 0 Å². The highest BCUT2D eigenvalue weighted by molar-refractivity contribution is 8.00. The van der Waals surface area contributed by atoms with Gasteiger partial charge in [-0.15, -0.1) is 23.1 Å².